The predicted molar refractivity (Wildman–Crippen MR) is 105 cm³/mol. The molecular formula is C20H30O6S. The lowest BCUT2D eigenvalue weighted by molar-refractivity contribution is 0.188. The Hall–Kier alpha value is -1.41. The van der Waals surface area contributed by atoms with Gasteiger partial charge in [0, 0.05) is 0 Å². The molecule has 0 fully saturated rings. The summed E-state index contributed by atoms with van der Waals surface area (Å²) < 4.78 is 30.0. The quantitative estimate of drug-likeness (QED) is 0.523. The SMILES string of the molecule is CCC/C(=C\c1ccc(CO)o1)CC[C@@H](O)C1=C(CC)CS(=O)(=O)[C@H]1CO. The Bertz CT molecular complexity index is 787. The van der Waals surface area contributed by atoms with Gasteiger partial charge in [-0.05, 0) is 49.5 Å². The molecule has 7 heteroatoms. The van der Waals surface area contributed by atoms with Crippen LogP contribution in [-0.4, -0.2) is 47.5 Å². The third-order valence-electron chi connectivity index (χ3n) is 5.01. The van der Waals surface area contributed by atoms with Crippen molar-refractivity contribution >= 4 is 15.9 Å². The topological polar surface area (TPSA) is 108 Å². The smallest absolute Gasteiger partial charge is 0.163 e. The molecule has 1 aliphatic rings. The van der Waals surface area contributed by atoms with Crippen molar-refractivity contribution in [2.24, 2.45) is 0 Å². The first-order valence-corrected chi connectivity index (χ1v) is 11.2. The van der Waals surface area contributed by atoms with Gasteiger partial charge < -0.3 is 19.7 Å². The lowest BCUT2D eigenvalue weighted by Gasteiger charge is -2.19. The number of allylic oxidation sites excluding steroid dienone is 1. The molecule has 2 heterocycles. The normalized spacial score (nSPS) is 21.1. The molecule has 0 bridgehead atoms. The summed E-state index contributed by atoms with van der Waals surface area (Å²) in [5.41, 5.74) is 2.30. The molecule has 1 aromatic heterocycles. The van der Waals surface area contributed by atoms with Crippen molar-refractivity contribution in [3.8, 4) is 0 Å². The molecule has 1 aliphatic heterocycles. The van der Waals surface area contributed by atoms with Crippen molar-refractivity contribution in [1.29, 1.82) is 0 Å². The standard InChI is InChI=1S/C20H30O6S/c1-3-5-14(10-16-7-8-17(11-21)26-16)6-9-18(23)20-15(4-2)13-27(24,25)19(20)12-22/h7-8,10,18-19,21-23H,3-6,9,11-13H2,1-2H3/b14-10+/t18-,19+/m1/s1. The molecule has 0 saturated carbocycles. The summed E-state index contributed by atoms with van der Waals surface area (Å²) >= 11 is 0. The Morgan fingerprint density at radius 2 is 2.04 bits per heavy atom. The van der Waals surface area contributed by atoms with Gasteiger partial charge in [0.2, 0.25) is 0 Å². The molecule has 2 atom stereocenters. The molecule has 0 saturated heterocycles. The molecular weight excluding hydrogens is 368 g/mol. The summed E-state index contributed by atoms with van der Waals surface area (Å²) in [5.74, 6) is 1.08. The summed E-state index contributed by atoms with van der Waals surface area (Å²) in [6.07, 6.45) is 4.34. The first-order valence-electron chi connectivity index (χ1n) is 9.47. The van der Waals surface area contributed by atoms with Crippen LogP contribution in [0.3, 0.4) is 0 Å². The number of aliphatic hydroxyl groups excluding tert-OH is 3. The maximum atomic E-state index is 12.2. The van der Waals surface area contributed by atoms with Crippen LogP contribution in [0.15, 0.2) is 33.3 Å². The highest BCUT2D eigenvalue weighted by Crippen LogP contribution is 2.33. The van der Waals surface area contributed by atoms with Gasteiger partial charge in [-0.15, -0.1) is 0 Å². The van der Waals surface area contributed by atoms with Crippen molar-refractivity contribution < 1.29 is 28.2 Å². The monoisotopic (exact) mass is 398 g/mol. The fourth-order valence-electron chi connectivity index (χ4n) is 3.64. The maximum Gasteiger partial charge on any atom is 0.163 e. The predicted octanol–water partition coefficient (Wildman–Crippen LogP) is 2.59. The molecule has 0 spiro atoms. The minimum absolute atomic E-state index is 0.0743. The molecule has 6 nitrogen and oxygen atoms in total. The average Bonchev–Trinajstić information content (AvgIpc) is 3.20. The number of aliphatic hydroxyl groups is 3. The minimum atomic E-state index is -3.43. The minimum Gasteiger partial charge on any atom is -0.459 e. The highest BCUT2D eigenvalue weighted by atomic mass is 32.2. The molecule has 3 N–H and O–H groups in total. The van der Waals surface area contributed by atoms with Crippen LogP contribution in [0.5, 0.6) is 0 Å². The van der Waals surface area contributed by atoms with E-state index in [4.69, 9.17) is 9.52 Å². The Morgan fingerprint density at radius 1 is 1.30 bits per heavy atom. The van der Waals surface area contributed by atoms with E-state index in [1.54, 1.807) is 12.1 Å². The van der Waals surface area contributed by atoms with Gasteiger partial charge in [-0.1, -0.05) is 31.4 Å². The molecule has 0 aromatic carbocycles. The van der Waals surface area contributed by atoms with Crippen LogP contribution in [-0.2, 0) is 16.4 Å². The van der Waals surface area contributed by atoms with Crippen LogP contribution >= 0.6 is 0 Å². The molecule has 0 unspecified atom stereocenters. The first kappa shape index (κ1) is 21.9. The van der Waals surface area contributed by atoms with Gasteiger partial charge in [-0.3, -0.25) is 0 Å². The van der Waals surface area contributed by atoms with Gasteiger partial charge in [0.1, 0.15) is 23.4 Å². The van der Waals surface area contributed by atoms with Gasteiger partial charge in [0.15, 0.2) is 9.84 Å². The van der Waals surface area contributed by atoms with Crippen LogP contribution in [0.1, 0.15) is 57.5 Å². The molecule has 0 radical (unpaired) electrons. The number of furan rings is 1. The fraction of sp³-hybridized carbons (Fsp3) is 0.600. The van der Waals surface area contributed by atoms with E-state index >= 15 is 0 Å². The Morgan fingerprint density at radius 3 is 2.59 bits per heavy atom. The van der Waals surface area contributed by atoms with Crippen LogP contribution in [0, 0.1) is 0 Å². The van der Waals surface area contributed by atoms with Gasteiger partial charge in [-0.2, -0.15) is 0 Å². The van der Waals surface area contributed by atoms with E-state index < -0.39 is 27.8 Å². The zero-order chi connectivity index (χ0) is 20.0. The summed E-state index contributed by atoms with van der Waals surface area (Å²) in [7, 11) is -3.43. The Labute approximate surface area is 161 Å². The van der Waals surface area contributed by atoms with Crippen molar-refractivity contribution in [3.63, 3.8) is 0 Å². The maximum absolute atomic E-state index is 12.2. The number of sulfone groups is 1. The van der Waals surface area contributed by atoms with Gasteiger partial charge in [0.05, 0.1) is 18.5 Å². The summed E-state index contributed by atoms with van der Waals surface area (Å²) in [6.45, 7) is 3.29. The second-order valence-corrected chi connectivity index (χ2v) is 9.14. The van der Waals surface area contributed by atoms with E-state index in [0.717, 1.165) is 24.0 Å². The molecule has 152 valence electrons. The van der Waals surface area contributed by atoms with Crippen molar-refractivity contribution in [1.82, 2.24) is 0 Å². The lowest BCUT2D eigenvalue weighted by Crippen LogP contribution is -2.29. The molecule has 2 rings (SSSR count). The fourth-order valence-corrected chi connectivity index (χ4v) is 5.64. The highest BCUT2D eigenvalue weighted by molar-refractivity contribution is 7.92. The van der Waals surface area contributed by atoms with Crippen molar-refractivity contribution in [2.75, 3.05) is 12.4 Å². The summed E-state index contributed by atoms with van der Waals surface area (Å²) in [4.78, 5) is 0. The van der Waals surface area contributed by atoms with Gasteiger partial charge >= 0.3 is 0 Å². The van der Waals surface area contributed by atoms with Crippen LogP contribution in [0.4, 0.5) is 0 Å². The Kier molecular flexibility index (Phi) is 7.85. The van der Waals surface area contributed by atoms with E-state index in [1.165, 1.54) is 0 Å². The average molecular weight is 399 g/mol. The van der Waals surface area contributed by atoms with Crippen LogP contribution < -0.4 is 0 Å². The van der Waals surface area contributed by atoms with E-state index in [0.29, 0.717) is 36.4 Å². The molecule has 0 aliphatic carbocycles. The third-order valence-corrected chi connectivity index (χ3v) is 7.03. The van der Waals surface area contributed by atoms with Gasteiger partial charge in [0.25, 0.3) is 0 Å². The van der Waals surface area contributed by atoms with E-state index in [1.807, 2.05) is 13.0 Å². The van der Waals surface area contributed by atoms with Crippen LogP contribution in [0.25, 0.3) is 6.08 Å². The number of hydrogen-bond donors (Lipinski definition) is 3. The van der Waals surface area contributed by atoms with Crippen molar-refractivity contribution in [3.05, 3.63) is 40.4 Å². The molecule has 0 amide bonds. The second kappa shape index (κ2) is 9.68. The third kappa shape index (κ3) is 5.31. The largest absolute Gasteiger partial charge is 0.459 e. The highest BCUT2D eigenvalue weighted by Gasteiger charge is 2.40. The van der Waals surface area contributed by atoms with E-state index in [9.17, 15) is 18.6 Å². The van der Waals surface area contributed by atoms with Gasteiger partial charge in [-0.25, -0.2) is 8.42 Å². The Balaban J connectivity index is 2.14. The zero-order valence-corrected chi connectivity index (χ0v) is 16.8. The van der Waals surface area contributed by atoms with E-state index in [2.05, 4.69) is 6.92 Å². The number of hydrogen-bond acceptors (Lipinski definition) is 6. The first-order chi connectivity index (χ1) is 12.9. The van der Waals surface area contributed by atoms with E-state index in [-0.39, 0.29) is 12.4 Å². The van der Waals surface area contributed by atoms with Crippen LogP contribution in [0.2, 0.25) is 0 Å². The molecule has 1 aromatic rings. The lowest BCUT2D eigenvalue weighted by atomic mass is 9.93. The number of rotatable bonds is 10. The second-order valence-electron chi connectivity index (χ2n) is 6.96. The molecule has 27 heavy (non-hydrogen) atoms. The summed E-state index contributed by atoms with van der Waals surface area (Å²) in [6, 6.07) is 3.51. The zero-order valence-electron chi connectivity index (χ0n) is 16.0. The summed E-state index contributed by atoms with van der Waals surface area (Å²) in [5, 5.41) is 28.4. The van der Waals surface area contributed by atoms with Crippen molar-refractivity contribution in [2.45, 2.75) is 63.9 Å².